The van der Waals surface area contributed by atoms with Gasteiger partial charge in [-0.05, 0) is 58.1 Å². The topological polar surface area (TPSA) is 26.3 Å². The molecule has 0 spiro atoms. The van der Waals surface area contributed by atoms with Crippen molar-refractivity contribution >= 4 is 27.9 Å². The predicted molar refractivity (Wildman–Crippen MR) is 70.1 cm³/mol. The van der Waals surface area contributed by atoms with E-state index >= 15 is 0 Å². The van der Waals surface area contributed by atoms with Gasteiger partial charge >= 0.3 is 0 Å². The van der Waals surface area contributed by atoms with Gasteiger partial charge in [-0.2, -0.15) is 0 Å². The summed E-state index contributed by atoms with van der Waals surface area (Å²) in [5, 5.41) is 0. The van der Waals surface area contributed by atoms with E-state index in [0.717, 1.165) is 22.2 Å². The molecular formula is C13H9ClO2S. The van der Waals surface area contributed by atoms with Gasteiger partial charge in [-0.1, -0.05) is 12.1 Å². The molecule has 0 radical (unpaired) electrons. The molecule has 0 aliphatic carbocycles. The van der Waals surface area contributed by atoms with Gasteiger partial charge in [0.1, 0.15) is 11.5 Å². The molecule has 2 rings (SSSR count). The zero-order chi connectivity index (χ0) is 12.1. The average molecular weight is 265 g/mol. The largest absolute Gasteiger partial charge is 0.457 e. The van der Waals surface area contributed by atoms with Crippen molar-refractivity contribution in [3.63, 3.8) is 0 Å². The Hall–Kier alpha value is -1.45. The van der Waals surface area contributed by atoms with Crippen molar-refractivity contribution in [3.8, 4) is 11.5 Å². The van der Waals surface area contributed by atoms with Crippen LogP contribution in [0.25, 0.3) is 0 Å². The van der Waals surface area contributed by atoms with Crippen LogP contribution in [0, 0.1) is 0 Å². The summed E-state index contributed by atoms with van der Waals surface area (Å²) in [5.74, 6) is 1.22. The Morgan fingerprint density at radius 2 is 1.76 bits per heavy atom. The van der Waals surface area contributed by atoms with Gasteiger partial charge in [0.15, 0.2) is 6.29 Å². The molecular weight excluding hydrogens is 256 g/mol. The Morgan fingerprint density at radius 3 is 2.41 bits per heavy atom. The number of hydrogen-bond donors (Lipinski definition) is 0. The molecule has 2 aromatic carbocycles. The molecule has 0 fully saturated rings. The fourth-order valence-corrected chi connectivity index (χ4v) is 1.90. The number of para-hydroxylation sites is 1. The summed E-state index contributed by atoms with van der Waals surface area (Å²) in [6.07, 6.45) is 0.776. The van der Waals surface area contributed by atoms with E-state index in [0.29, 0.717) is 17.1 Å². The predicted octanol–water partition coefficient (Wildman–Crippen LogP) is 4.54. The van der Waals surface area contributed by atoms with Crippen molar-refractivity contribution in [3.05, 3.63) is 54.1 Å². The second kappa shape index (κ2) is 5.75. The third kappa shape index (κ3) is 3.02. The molecule has 17 heavy (non-hydrogen) atoms. The van der Waals surface area contributed by atoms with E-state index in [1.54, 1.807) is 18.2 Å². The minimum Gasteiger partial charge on any atom is -0.457 e. The first-order chi connectivity index (χ1) is 8.33. The van der Waals surface area contributed by atoms with Gasteiger partial charge in [0.25, 0.3) is 0 Å². The number of aldehydes is 1. The fraction of sp³-hybridized carbons (Fsp3) is 0. The number of carbonyl (C=O) groups is 1. The SMILES string of the molecule is O=Cc1ccccc1Oc1ccc(SCl)cc1. The summed E-state index contributed by atoms with van der Waals surface area (Å²) in [6.45, 7) is 0. The maximum atomic E-state index is 10.8. The molecule has 0 saturated heterocycles. The highest BCUT2D eigenvalue weighted by molar-refractivity contribution is 8.21. The lowest BCUT2D eigenvalue weighted by Crippen LogP contribution is -1.89. The van der Waals surface area contributed by atoms with E-state index in [-0.39, 0.29) is 0 Å². The summed E-state index contributed by atoms with van der Waals surface area (Å²) < 4.78 is 5.62. The molecule has 0 amide bonds. The highest BCUT2D eigenvalue weighted by atomic mass is 35.7. The van der Waals surface area contributed by atoms with Crippen molar-refractivity contribution < 1.29 is 9.53 Å². The molecule has 0 aliphatic heterocycles. The first-order valence-electron chi connectivity index (χ1n) is 4.94. The number of rotatable bonds is 4. The standard InChI is InChI=1S/C13H9ClO2S/c14-17-12-7-5-11(6-8-12)16-13-4-2-1-3-10(13)9-15/h1-9H. The summed E-state index contributed by atoms with van der Waals surface area (Å²) in [7, 11) is 6.77. The van der Waals surface area contributed by atoms with Crippen LogP contribution in [0.15, 0.2) is 53.4 Å². The Morgan fingerprint density at radius 1 is 1.06 bits per heavy atom. The molecule has 0 N–H and O–H groups in total. The third-order valence-corrected chi connectivity index (χ3v) is 3.17. The van der Waals surface area contributed by atoms with Crippen LogP contribution in [0.3, 0.4) is 0 Å². The normalized spacial score (nSPS) is 9.94. The smallest absolute Gasteiger partial charge is 0.153 e. The molecule has 0 aromatic heterocycles. The van der Waals surface area contributed by atoms with Crippen molar-refractivity contribution in [2.75, 3.05) is 0 Å². The lowest BCUT2D eigenvalue weighted by atomic mass is 10.2. The van der Waals surface area contributed by atoms with Gasteiger partial charge in [-0.3, -0.25) is 4.79 Å². The summed E-state index contributed by atoms with van der Waals surface area (Å²) in [4.78, 5) is 11.8. The van der Waals surface area contributed by atoms with Crippen molar-refractivity contribution in [2.45, 2.75) is 4.90 Å². The number of hydrogen-bond acceptors (Lipinski definition) is 3. The van der Waals surface area contributed by atoms with Gasteiger partial charge in [0.05, 0.1) is 5.56 Å². The Kier molecular flexibility index (Phi) is 4.07. The zero-order valence-corrected chi connectivity index (χ0v) is 10.4. The lowest BCUT2D eigenvalue weighted by molar-refractivity contribution is 0.112. The number of ether oxygens (including phenoxy) is 1. The molecule has 0 atom stereocenters. The van der Waals surface area contributed by atoms with Crippen molar-refractivity contribution in [1.82, 2.24) is 0 Å². The summed E-state index contributed by atoms with van der Waals surface area (Å²) in [6, 6.07) is 14.4. The highest BCUT2D eigenvalue weighted by Gasteiger charge is 2.03. The van der Waals surface area contributed by atoms with Gasteiger partial charge in [0, 0.05) is 4.90 Å². The molecule has 0 unspecified atom stereocenters. The molecule has 0 heterocycles. The zero-order valence-electron chi connectivity index (χ0n) is 8.80. The van der Waals surface area contributed by atoms with Gasteiger partial charge in [-0.25, -0.2) is 0 Å². The fourth-order valence-electron chi connectivity index (χ4n) is 1.36. The second-order valence-corrected chi connectivity index (χ2v) is 4.39. The van der Waals surface area contributed by atoms with E-state index in [9.17, 15) is 4.79 Å². The van der Waals surface area contributed by atoms with Crippen LogP contribution in [-0.4, -0.2) is 6.29 Å². The maximum absolute atomic E-state index is 10.8. The number of carbonyl (C=O) groups excluding carboxylic acids is 1. The van der Waals surface area contributed by atoms with Crippen LogP contribution in [0.5, 0.6) is 11.5 Å². The molecule has 0 bridgehead atoms. The summed E-state index contributed by atoms with van der Waals surface area (Å²) >= 11 is 0. The second-order valence-electron chi connectivity index (χ2n) is 3.31. The van der Waals surface area contributed by atoms with Crippen LogP contribution in [0.2, 0.25) is 0 Å². The average Bonchev–Trinajstić information content (AvgIpc) is 2.40. The van der Waals surface area contributed by atoms with E-state index in [1.165, 1.54) is 0 Å². The molecule has 86 valence electrons. The van der Waals surface area contributed by atoms with Crippen LogP contribution >= 0.6 is 21.7 Å². The first-order valence-corrected chi connectivity index (χ1v) is 6.58. The quantitative estimate of drug-likeness (QED) is 0.759. The number of benzene rings is 2. The van der Waals surface area contributed by atoms with E-state index in [2.05, 4.69) is 0 Å². The molecule has 0 aliphatic rings. The van der Waals surface area contributed by atoms with Crippen molar-refractivity contribution in [2.24, 2.45) is 0 Å². The van der Waals surface area contributed by atoms with Gasteiger partial charge in [0.2, 0.25) is 0 Å². The van der Waals surface area contributed by atoms with Crippen LogP contribution < -0.4 is 4.74 Å². The minimum absolute atomic E-state index is 0.531. The Bertz CT molecular complexity index is 511. The Balaban J connectivity index is 2.22. The van der Waals surface area contributed by atoms with Gasteiger partial charge in [-0.15, -0.1) is 0 Å². The molecule has 2 aromatic rings. The monoisotopic (exact) mass is 264 g/mol. The highest BCUT2D eigenvalue weighted by Crippen LogP contribution is 2.28. The molecule has 4 heteroatoms. The lowest BCUT2D eigenvalue weighted by Gasteiger charge is -2.07. The van der Waals surface area contributed by atoms with Crippen LogP contribution in [0.1, 0.15) is 10.4 Å². The van der Waals surface area contributed by atoms with E-state index in [4.69, 9.17) is 15.4 Å². The Labute approximate surface area is 108 Å². The number of halogens is 1. The summed E-state index contributed by atoms with van der Waals surface area (Å²) in [5.41, 5.74) is 0.531. The van der Waals surface area contributed by atoms with Crippen molar-refractivity contribution in [1.29, 1.82) is 0 Å². The van der Waals surface area contributed by atoms with Crippen LogP contribution in [-0.2, 0) is 0 Å². The maximum Gasteiger partial charge on any atom is 0.153 e. The van der Waals surface area contributed by atoms with Crippen LogP contribution in [0.4, 0.5) is 0 Å². The molecule has 2 nitrogen and oxygen atoms in total. The van der Waals surface area contributed by atoms with E-state index in [1.807, 2.05) is 30.3 Å². The van der Waals surface area contributed by atoms with Gasteiger partial charge < -0.3 is 4.74 Å². The minimum atomic E-state index is 0.531. The van der Waals surface area contributed by atoms with E-state index < -0.39 is 0 Å². The molecule has 0 saturated carbocycles. The third-order valence-electron chi connectivity index (χ3n) is 2.19. The first kappa shape index (κ1) is 12.0.